The molecule has 1 rings (SSSR count). The van der Waals surface area contributed by atoms with Gasteiger partial charge in [-0.25, -0.2) is 0 Å². The summed E-state index contributed by atoms with van der Waals surface area (Å²) in [5.74, 6) is -2.87. The van der Waals surface area contributed by atoms with Gasteiger partial charge in [0.25, 0.3) is 0 Å². The van der Waals surface area contributed by atoms with Crippen molar-refractivity contribution < 1.29 is 48.0 Å². The van der Waals surface area contributed by atoms with Gasteiger partial charge in [-0.15, -0.1) is 0 Å². The van der Waals surface area contributed by atoms with E-state index >= 15 is 0 Å². The second-order valence-electron chi connectivity index (χ2n) is 5.09. The largest absolute Gasteiger partial charge is 0.463 e. The number of esters is 4. The van der Waals surface area contributed by atoms with Crippen LogP contribution in [0.5, 0.6) is 0 Å². The molecule has 10 nitrogen and oxygen atoms in total. The van der Waals surface area contributed by atoms with Crippen molar-refractivity contribution in [3.8, 4) is 0 Å². The summed E-state index contributed by atoms with van der Waals surface area (Å²) in [6.07, 6.45) is -6.79. The molecule has 0 saturated carbocycles. The first-order chi connectivity index (χ1) is 11.1. The van der Waals surface area contributed by atoms with Gasteiger partial charge in [0.15, 0.2) is 24.6 Å². The molecule has 5 atom stereocenters. The lowest BCUT2D eigenvalue weighted by atomic mass is 9.98. The van der Waals surface area contributed by atoms with Crippen molar-refractivity contribution in [1.29, 1.82) is 0 Å². The van der Waals surface area contributed by atoms with Crippen molar-refractivity contribution in [2.75, 3.05) is 6.61 Å². The van der Waals surface area contributed by atoms with Crippen LogP contribution in [0.4, 0.5) is 0 Å². The van der Waals surface area contributed by atoms with Crippen molar-refractivity contribution in [1.82, 2.24) is 0 Å². The number of rotatable bonds is 5. The van der Waals surface area contributed by atoms with E-state index in [0.717, 1.165) is 27.7 Å². The fraction of sp³-hybridized carbons (Fsp3) is 0.714. The summed E-state index contributed by atoms with van der Waals surface area (Å²) in [4.78, 5) is 44.9. The van der Waals surface area contributed by atoms with E-state index in [1.54, 1.807) is 0 Å². The highest BCUT2D eigenvalue weighted by molar-refractivity contribution is 5.68. The summed E-state index contributed by atoms with van der Waals surface area (Å²) in [5, 5.41) is 10.0. The lowest BCUT2D eigenvalue weighted by molar-refractivity contribution is -0.296. The van der Waals surface area contributed by atoms with E-state index in [1.165, 1.54) is 0 Å². The van der Waals surface area contributed by atoms with Crippen LogP contribution in [0.15, 0.2) is 0 Å². The highest BCUT2D eigenvalue weighted by atomic mass is 16.7. The van der Waals surface area contributed by atoms with Gasteiger partial charge in [0.1, 0.15) is 12.7 Å². The van der Waals surface area contributed by atoms with Gasteiger partial charge < -0.3 is 28.8 Å². The van der Waals surface area contributed by atoms with E-state index in [9.17, 15) is 24.3 Å². The topological polar surface area (TPSA) is 135 Å². The molecule has 0 spiro atoms. The first-order valence-corrected chi connectivity index (χ1v) is 7.10. The van der Waals surface area contributed by atoms with Gasteiger partial charge in [-0.1, -0.05) is 0 Å². The number of carbonyl (C=O) groups excluding carboxylic acids is 4. The lowest BCUT2D eigenvalue weighted by Gasteiger charge is -2.42. The average molecular weight is 348 g/mol. The molecular formula is C14H20O10. The Morgan fingerprint density at radius 1 is 0.792 bits per heavy atom. The van der Waals surface area contributed by atoms with Gasteiger partial charge in [0, 0.05) is 27.7 Å². The van der Waals surface area contributed by atoms with E-state index < -0.39 is 54.6 Å². The smallest absolute Gasteiger partial charge is 0.303 e. The summed E-state index contributed by atoms with van der Waals surface area (Å²) in [6, 6.07) is 0. The summed E-state index contributed by atoms with van der Waals surface area (Å²) in [7, 11) is 0. The molecule has 1 saturated heterocycles. The minimum absolute atomic E-state index is 0.366. The van der Waals surface area contributed by atoms with Gasteiger partial charge in [-0.3, -0.25) is 19.2 Å². The zero-order valence-corrected chi connectivity index (χ0v) is 13.7. The van der Waals surface area contributed by atoms with Crippen LogP contribution in [0, 0.1) is 0 Å². The van der Waals surface area contributed by atoms with Crippen LogP contribution >= 0.6 is 0 Å². The maximum Gasteiger partial charge on any atom is 0.303 e. The Bertz CT molecular complexity index is 502. The minimum atomic E-state index is -1.68. The van der Waals surface area contributed by atoms with Crippen molar-refractivity contribution in [3.63, 3.8) is 0 Å². The van der Waals surface area contributed by atoms with Crippen LogP contribution in [0.25, 0.3) is 0 Å². The molecule has 2 unspecified atom stereocenters. The third-order valence-corrected chi connectivity index (χ3v) is 2.97. The zero-order chi connectivity index (χ0) is 18.4. The van der Waals surface area contributed by atoms with Gasteiger partial charge in [0.05, 0.1) is 0 Å². The third kappa shape index (κ3) is 5.78. The summed E-state index contributed by atoms with van der Waals surface area (Å²) >= 11 is 0. The molecule has 1 aliphatic rings. The van der Waals surface area contributed by atoms with Crippen LogP contribution in [-0.2, 0) is 42.9 Å². The summed E-state index contributed by atoms with van der Waals surface area (Å²) in [5.41, 5.74) is 0. The molecule has 0 aliphatic carbocycles. The molecule has 1 N–H and O–H groups in total. The van der Waals surface area contributed by atoms with E-state index in [2.05, 4.69) is 0 Å². The van der Waals surface area contributed by atoms with E-state index in [4.69, 9.17) is 23.7 Å². The number of hydrogen-bond acceptors (Lipinski definition) is 10. The summed E-state index contributed by atoms with van der Waals surface area (Å²) in [6.45, 7) is 4.09. The molecule has 0 aromatic heterocycles. The average Bonchev–Trinajstić information content (AvgIpc) is 2.42. The molecule has 24 heavy (non-hydrogen) atoms. The molecule has 1 fully saturated rings. The Balaban J connectivity index is 3.11. The number of aliphatic hydroxyl groups excluding tert-OH is 1. The van der Waals surface area contributed by atoms with E-state index in [-0.39, 0.29) is 6.61 Å². The number of hydrogen-bond donors (Lipinski definition) is 1. The second-order valence-corrected chi connectivity index (χ2v) is 5.09. The monoisotopic (exact) mass is 348 g/mol. The Labute approximate surface area is 137 Å². The van der Waals surface area contributed by atoms with Crippen molar-refractivity contribution in [3.05, 3.63) is 0 Å². The van der Waals surface area contributed by atoms with Gasteiger partial charge in [-0.2, -0.15) is 0 Å². The number of aliphatic hydroxyl groups is 1. The zero-order valence-electron chi connectivity index (χ0n) is 13.7. The van der Waals surface area contributed by atoms with Crippen molar-refractivity contribution >= 4 is 23.9 Å². The molecule has 0 radical (unpaired) electrons. The molecule has 0 amide bonds. The summed E-state index contributed by atoms with van der Waals surface area (Å²) < 4.78 is 25.0. The molecular weight excluding hydrogens is 328 g/mol. The van der Waals surface area contributed by atoms with Crippen LogP contribution in [0.2, 0.25) is 0 Å². The normalized spacial score (nSPS) is 29.3. The highest BCUT2D eigenvalue weighted by Gasteiger charge is 2.51. The molecule has 10 heteroatoms. The molecule has 1 heterocycles. The van der Waals surface area contributed by atoms with E-state index in [1.807, 2.05) is 0 Å². The SMILES string of the molecule is CC(=O)OCC1O[C@@H](O)C(OC(C)=O)[C@H](OC(C)=O)[C@@H]1OC(C)=O. The fourth-order valence-corrected chi connectivity index (χ4v) is 2.21. The van der Waals surface area contributed by atoms with Crippen LogP contribution in [0.1, 0.15) is 27.7 Å². The van der Waals surface area contributed by atoms with Crippen LogP contribution in [0.3, 0.4) is 0 Å². The lowest BCUT2D eigenvalue weighted by Crippen LogP contribution is -2.62. The quantitative estimate of drug-likeness (QED) is 0.490. The van der Waals surface area contributed by atoms with E-state index in [0.29, 0.717) is 0 Å². The Hall–Kier alpha value is -2.20. The first-order valence-electron chi connectivity index (χ1n) is 7.10. The second kappa shape index (κ2) is 8.60. The number of ether oxygens (including phenoxy) is 5. The molecule has 136 valence electrons. The minimum Gasteiger partial charge on any atom is -0.463 e. The first kappa shape index (κ1) is 19.8. The molecule has 0 bridgehead atoms. The Kier molecular flexibility index (Phi) is 7.11. The maximum absolute atomic E-state index is 11.3. The number of carbonyl (C=O) groups is 4. The van der Waals surface area contributed by atoms with Crippen LogP contribution < -0.4 is 0 Å². The Morgan fingerprint density at radius 2 is 1.25 bits per heavy atom. The maximum atomic E-state index is 11.3. The molecule has 0 aromatic rings. The predicted octanol–water partition coefficient (Wildman–Crippen LogP) is -0.938. The molecule has 1 aliphatic heterocycles. The van der Waals surface area contributed by atoms with Gasteiger partial charge in [-0.05, 0) is 0 Å². The third-order valence-electron chi connectivity index (χ3n) is 2.97. The van der Waals surface area contributed by atoms with Gasteiger partial charge >= 0.3 is 23.9 Å². The van der Waals surface area contributed by atoms with Crippen molar-refractivity contribution in [2.45, 2.75) is 58.4 Å². The van der Waals surface area contributed by atoms with Crippen LogP contribution in [-0.4, -0.2) is 66.3 Å². The highest BCUT2D eigenvalue weighted by Crippen LogP contribution is 2.28. The molecule has 0 aromatic carbocycles. The van der Waals surface area contributed by atoms with Crippen molar-refractivity contribution in [2.24, 2.45) is 0 Å². The standard InChI is InChI=1S/C14H20O10/c1-6(15)20-5-10-11(21-7(2)16)12(22-8(3)17)13(14(19)24-10)23-9(4)18/h10-14,19H,5H2,1-4H3/t10?,11-,12-,13?,14-/m1/s1. The Morgan fingerprint density at radius 3 is 1.71 bits per heavy atom. The fourth-order valence-electron chi connectivity index (χ4n) is 2.21. The predicted molar refractivity (Wildman–Crippen MR) is 74.2 cm³/mol. The van der Waals surface area contributed by atoms with Gasteiger partial charge in [0.2, 0.25) is 0 Å².